The van der Waals surface area contributed by atoms with E-state index >= 15 is 0 Å². The zero-order valence-corrected chi connectivity index (χ0v) is 17.3. The van der Waals surface area contributed by atoms with Gasteiger partial charge in [-0.1, -0.05) is 0 Å². The van der Waals surface area contributed by atoms with E-state index in [0.29, 0.717) is 0 Å². The summed E-state index contributed by atoms with van der Waals surface area (Å²) in [5.74, 6) is 0. The molecular weight excluding hydrogens is 393 g/mol. The second kappa shape index (κ2) is 10.3. The highest BCUT2D eigenvalue weighted by Crippen LogP contribution is 2.47. The minimum absolute atomic E-state index is 0.176. The number of hydrogen-bond donors (Lipinski definition) is 2. The quantitative estimate of drug-likeness (QED) is 0.340. The van der Waals surface area contributed by atoms with Crippen molar-refractivity contribution in [2.24, 2.45) is 0 Å². The molecule has 2 N–H and O–H groups in total. The summed E-state index contributed by atoms with van der Waals surface area (Å²) < 4.78 is 50.1. The van der Waals surface area contributed by atoms with Crippen molar-refractivity contribution < 1.29 is 47.5 Å². The molecule has 2 saturated heterocycles. The molecule has 0 aliphatic carbocycles. The summed E-state index contributed by atoms with van der Waals surface area (Å²) >= 11 is 0. The van der Waals surface area contributed by atoms with Crippen molar-refractivity contribution in [3.8, 4) is 0 Å². The molecule has 0 saturated carbocycles. The van der Waals surface area contributed by atoms with Gasteiger partial charge in [-0.2, -0.15) is 0 Å². The topological polar surface area (TPSA) is 122 Å². The summed E-state index contributed by atoms with van der Waals surface area (Å²) in [5, 5.41) is 9.39. The van der Waals surface area contributed by atoms with E-state index in [0.717, 1.165) is 0 Å². The van der Waals surface area contributed by atoms with E-state index < -0.39 is 69.4 Å². The lowest BCUT2D eigenvalue weighted by atomic mass is 9.93. The van der Waals surface area contributed by atoms with Crippen molar-refractivity contribution in [2.75, 3.05) is 27.2 Å². The maximum Gasteiger partial charge on any atom is 0.354 e. The first-order chi connectivity index (χ1) is 13.1. The van der Waals surface area contributed by atoms with Crippen LogP contribution in [0.1, 0.15) is 13.8 Å². The molecule has 2 rings (SSSR count). The zero-order valence-electron chi connectivity index (χ0n) is 16.4. The van der Waals surface area contributed by atoms with Gasteiger partial charge in [-0.3, -0.25) is 9.09 Å². The normalized spacial score (nSPS) is 40.8. The van der Waals surface area contributed by atoms with E-state index in [4.69, 9.17) is 48.6 Å². The number of methoxy groups -OCH3 is 2. The Morgan fingerprint density at radius 3 is 2.14 bits per heavy atom. The van der Waals surface area contributed by atoms with Crippen LogP contribution in [0.2, 0.25) is 0 Å². The highest BCUT2D eigenvalue weighted by Gasteiger charge is 2.48. The third-order valence-corrected chi connectivity index (χ3v) is 5.44. The summed E-state index contributed by atoms with van der Waals surface area (Å²) in [6.07, 6.45) is -6.01. The highest BCUT2D eigenvalue weighted by molar-refractivity contribution is 7.52. The lowest BCUT2D eigenvalue weighted by Crippen LogP contribution is -2.40. The first kappa shape index (κ1) is 24.3. The average molecular weight is 420 g/mol. The van der Waals surface area contributed by atoms with Crippen LogP contribution < -0.4 is 0 Å². The van der Waals surface area contributed by atoms with E-state index in [1.165, 1.54) is 14.2 Å². The van der Waals surface area contributed by atoms with Gasteiger partial charge in [0.2, 0.25) is 0 Å². The largest absolute Gasteiger partial charge is 0.394 e. The SMILES string of the molecule is [B][C@@H]1O[C@H](OCP(=O)(O)OC2[C@@H](OC)[C@H]([B])O[C@@H]2CO)C(OC(C)C)[C@H]1OC. The van der Waals surface area contributed by atoms with Gasteiger partial charge >= 0.3 is 7.60 Å². The van der Waals surface area contributed by atoms with Crippen molar-refractivity contribution in [3.05, 3.63) is 0 Å². The lowest BCUT2D eigenvalue weighted by Gasteiger charge is -2.27. The minimum atomic E-state index is -4.30. The van der Waals surface area contributed by atoms with E-state index in [1.54, 1.807) is 0 Å². The van der Waals surface area contributed by atoms with Crippen LogP contribution in [0.15, 0.2) is 0 Å². The molecule has 4 radical (unpaired) electrons. The lowest BCUT2D eigenvalue weighted by molar-refractivity contribution is -0.174. The molecule has 0 aromatic heterocycles. The standard InChI is InChI=1S/C15H27B2O10P/c1-7(2)24-12-11(22-4)14(17)26-15(12)23-6-28(19,20)27-9-8(5-18)25-13(16)10(9)21-3/h7-15,18H,5-6H2,1-4H3,(H,19,20)/t8-,9?,10-,11-,12?,13-,14-,15+/m1/s1. The number of ether oxygens (including phenoxy) is 6. The number of aliphatic hydroxyl groups excluding tert-OH is 1. The van der Waals surface area contributed by atoms with Gasteiger partial charge in [-0.25, -0.2) is 0 Å². The molecule has 10 nitrogen and oxygen atoms in total. The highest BCUT2D eigenvalue weighted by atomic mass is 31.2. The van der Waals surface area contributed by atoms with Crippen LogP contribution in [0.3, 0.4) is 0 Å². The van der Waals surface area contributed by atoms with Crippen molar-refractivity contribution in [1.29, 1.82) is 0 Å². The first-order valence-corrected chi connectivity index (χ1v) is 10.7. The fourth-order valence-corrected chi connectivity index (χ4v) is 4.23. The fraction of sp³-hybridized carbons (Fsp3) is 1.00. The van der Waals surface area contributed by atoms with Crippen LogP contribution in [0, 0.1) is 0 Å². The number of rotatable bonds is 10. The second-order valence-electron chi connectivity index (χ2n) is 6.84. The van der Waals surface area contributed by atoms with Crippen molar-refractivity contribution in [2.45, 2.75) is 68.8 Å². The minimum Gasteiger partial charge on any atom is -0.394 e. The van der Waals surface area contributed by atoms with Crippen LogP contribution in [0.4, 0.5) is 0 Å². The van der Waals surface area contributed by atoms with Gasteiger partial charge in [-0.05, 0) is 13.8 Å². The Kier molecular flexibility index (Phi) is 8.97. The molecule has 2 aliphatic heterocycles. The summed E-state index contributed by atoms with van der Waals surface area (Å²) in [4.78, 5) is 10.2. The fourth-order valence-electron chi connectivity index (χ4n) is 3.20. The van der Waals surface area contributed by atoms with Gasteiger partial charge in [0.25, 0.3) is 0 Å². The molecule has 0 aromatic rings. The maximum atomic E-state index is 12.5. The Hall–Kier alpha value is -0.000130. The van der Waals surface area contributed by atoms with E-state index in [-0.39, 0.29) is 6.10 Å². The molecule has 2 fully saturated rings. The predicted molar refractivity (Wildman–Crippen MR) is 98.2 cm³/mol. The summed E-state index contributed by atoms with van der Waals surface area (Å²) in [6.45, 7) is 3.17. The molecular formula is C15H27B2O10P. The number of aliphatic hydroxyl groups is 1. The Bertz CT molecular complexity index is 541. The van der Waals surface area contributed by atoms with Crippen LogP contribution in [-0.2, 0) is 37.5 Å². The van der Waals surface area contributed by atoms with E-state index in [2.05, 4.69) is 0 Å². The van der Waals surface area contributed by atoms with E-state index in [9.17, 15) is 14.6 Å². The molecule has 2 aliphatic rings. The third kappa shape index (κ3) is 5.78. The summed E-state index contributed by atoms with van der Waals surface area (Å²) in [7, 11) is 10.1. The van der Waals surface area contributed by atoms with Gasteiger partial charge in [0.15, 0.2) is 12.6 Å². The average Bonchev–Trinajstić information content (AvgIpc) is 3.07. The van der Waals surface area contributed by atoms with Gasteiger partial charge in [0.05, 0.1) is 12.7 Å². The Balaban J connectivity index is 2.00. The van der Waals surface area contributed by atoms with Crippen molar-refractivity contribution >= 4 is 23.3 Å². The Morgan fingerprint density at radius 1 is 1.04 bits per heavy atom. The number of hydrogen-bond acceptors (Lipinski definition) is 9. The zero-order chi connectivity index (χ0) is 21.1. The van der Waals surface area contributed by atoms with Gasteiger partial charge in [-0.15, -0.1) is 0 Å². The van der Waals surface area contributed by atoms with Crippen molar-refractivity contribution in [1.82, 2.24) is 0 Å². The smallest absolute Gasteiger partial charge is 0.354 e. The summed E-state index contributed by atoms with van der Waals surface area (Å²) in [6, 6.07) is -1.73. The molecule has 0 amide bonds. The van der Waals surface area contributed by atoms with Crippen LogP contribution in [0.5, 0.6) is 0 Å². The molecule has 0 aromatic carbocycles. The van der Waals surface area contributed by atoms with Crippen LogP contribution >= 0.6 is 7.60 Å². The maximum absolute atomic E-state index is 12.5. The predicted octanol–water partition coefficient (Wildman–Crippen LogP) is -0.909. The molecule has 0 bridgehead atoms. The van der Waals surface area contributed by atoms with Crippen LogP contribution in [-0.4, -0.2) is 108 Å². The monoisotopic (exact) mass is 420 g/mol. The molecule has 2 heterocycles. The molecule has 28 heavy (non-hydrogen) atoms. The Labute approximate surface area is 167 Å². The summed E-state index contributed by atoms with van der Waals surface area (Å²) in [5.41, 5.74) is 0. The molecule has 0 spiro atoms. The van der Waals surface area contributed by atoms with Crippen molar-refractivity contribution in [3.63, 3.8) is 0 Å². The molecule has 13 heteroatoms. The Morgan fingerprint density at radius 2 is 1.61 bits per heavy atom. The second-order valence-corrected chi connectivity index (χ2v) is 8.59. The molecule has 9 atom stereocenters. The van der Waals surface area contributed by atoms with Gasteiger partial charge in [0.1, 0.15) is 46.2 Å². The van der Waals surface area contributed by atoms with Gasteiger partial charge in [0, 0.05) is 26.2 Å². The first-order valence-electron chi connectivity index (χ1n) is 8.89. The molecule has 3 unspecified atom stereocenters. The van der Waals surface area contributed by atoms with Gasteiger partial charge < -0.3 is 38.4 Å². The molecule has 158 valence electrons. The van der Waals surface area contributed by atoms with E-state index in [1.807, 2.05) is 13.8 Å². The third-order valence-electron chi connectivity index (χ3n) is 4.40. The van der Waals surface area contributed by atoms with Crippen LogP contribution in [0.25, 0.3) is 0 Å².